The molecule has 1 fully saturated rings. The van der Waals surface area contributed by atoms with Crippen LogP contribution < -0.4 is 4.90 Å². The van der Waals surface area contributed by atoms with Crippen LogP contribution in [0.15, 0.2) is 46.9 Å². The fourth-order valence-electron chi connectivity index (χ4n) is 4.43. The fourth-order valence-corrected chi connectivity index (χ4v) is 4.43. The highest BCUT2D eigenvalue weighted by Gasteiger charge is 2.29. The number of benzene rings is 2. The Morgan fingerprint density at radius 1 is 1.13 bits per heavy atom. The summed E-state index contributed by atoms with van der Waals surface area (Å²) in [6.07, 6.45) is 4.09. The Bertz CT molecular complexity index is 1170. The number of carbonyl (C=O) groups excluding carboxylic acids is 2. The maximum atomic E-state index is 13.5. The van der Waals surface area contributed by atoms with Gasteiger partial charge in [-0.05, 0) is 61.6 Å². The number of oxazole rings is 1. The maximum absolute atomic E-state index is 13.5. The molecule has 0 bridgehead atoms. The van der Waals surface area contributed by atoms with Crippen molar-refractivity contribution < 1.29 is 14.0 Å². The van der Waals surface area contributed by atoms with E-state index in [0.717, 1.165) is 53.1 Å². The summed E-state index contributed by atoms with van der Waals surface area (Å²) in [5.41, 5.74) is 5.50. The van der Waals surface area contributed by atoms with E-state index in [4.69, 9.17) is 4.42 Å². The number of rotatable bonds is 5. The van der Waals surface area contributed by atoms with Gasteiger partial charge in [0.15, 0.2) is 11.7 Å². The highest BCUT2D eigenvalue weighted by molar-refractivity contribution is 6.08. The molecule has 0 atom stereocenters. The number of hydrogen-bond acceptors (Lipinski definition) is 4. The molecule has 5 nitrogen and oxygen atoms in total. The Morgan fingerprint density at radius 3 is 2.71 bits per heavy atom. The normalized spacial score (nSPS) is 15.2. The summed E-state index contributed by atoms with van der Waals surface area (Å²) in [5, 5.41) is 0. The van der Waals surface area contributed by atoms with Crippen LogP contribution in [-0.4, -0.2) is 23.2 Å². The second kappa shape index (κ2) is 7.80. The van der Waals surface area contributed by atoms with E-state index in [9.17, 15) is 9.59 Å². The highest BCUT2D eigenvalue weighted by atomic mass is 16.4. The first-order valence-electron chi connectivity index (χ1n) is 11.0. The minimum Gasteiger partial charge on any atom is -0.441 e. The molecule has 0 radical (unpaired) electrons. The summed E-state index contributed by atoms with van der Waals surface area (Å²) in [6, 6.07) is 13.7. The van der Waals surface area contributed by atoms with E-state index < -0.39 is 0 Å². The number of ketones is 1. The minimum atomic E-state index is -0.0296. The Balaban J connectivity index is 1.40. The van der Waals surface area contributed by atoms with Crippen LogP contribution >= 0.6 is 0 Å². The summed E-state index contributed by atoms with van der Waals surface area (Å²) in [4.78, 5) is 31.9. The number of hydrogen-bond donors (Lipinski definition) is 0. The molecule has 1 saturated carbocycles. The zero-order chi connectivity index (χ0) is 21.5. The third-order valence-electron chi connectivity index (χ3n) is 6.32. The molecule has 5 rings (SSSR count). The van der Waals surface area contributed by atoms with Crippen molar-refractivity contribution in [1.29, 1.82) is 0 Å². The zero-order valence-electron chi connectivity index (χ0n) is 18.0. The quantitative estimate of drug-likeness (QED) is 0.584. The SMILES string of the molecule is Cc1nc2c(o1)-c1ccccc1N(C(=O)c1ccc(CCC(=O)C3CC3)c(C)c1)CC2. The highest BCUT2D eigenvalue weighted by Crippen LogP contribution is 2.37. The van der Waals surface area contributed by atoms with Crippen molar-refractivity contribution in [2.45, 2.75) is 46.0 Å². The van der Waals surface area contributed by atoms with E-state index in [2.05, 4.69) is 4.98 Å². The molecule has 0 spiro atoms. The first-order chi connectivity index (χ1) is 15.0. The number of amides is 1. The van der Waals surface area contributed by atoms with Crippen LogP contribution in [-0.2, 0) is 17.6 Å². The third-order valence-corrected chi connectivity index (χ3v) is 6.32. The van der Waals surface area contributed by atoms with Gasteiger partial charge in [0, 0.05) is 43.4 Å². The summed E-state index contributed by atoms with van der Waals surface area (Å²) < 4.78 is 5.87. The number of nitrogens with zero attached hydrogens (tertiary/aromatic N) is 2. The molecule has 1 aliphatic heterocycles. The summed E-state index contributed by atoms with van der Waals surface area (Å²) in [5.74, 6) is 2.05. The number of aryl methyl sites for hydroxylation is 3. The number of aromatic nitrogens is 1. The number of Topliss-reactive ketones (excluding diaryl/α,β-unsaturated/α-hetero) is 1. The molecule has 1 aromatic heterocycles. The maximum Gasteiger partial charge on any atom is 0.258 e. The monoisotopic (exact) mass is 414 g/mol. The van der Waals surface area contributed by atoms with Gasteiger partial charge < -0.3 is 9.32 Å². The molecule has 3 aromatic rings. The predicted octanol–water partition coefficient (Wildman–Crippen LogP) is 5.07. The van der Waals surface area contributed by atoms with E-state index in [0.29, 0.717) is 42.5 Å². The molecule has 158 valence electrons. The minimum absolute atomic E-state index is 0.0296. The Labute approximate surface area is 182 Å². The van der Waals surface area contributed by atoms with E-state index in [1.54, 1.807) is 0 Å². The second-order valence-electron chi connectivity index (χ2n) is 8.61. The summed E-state index contributed by atoms with van der Waals surface area (Å²) in [7, 11) is 0. The van der Waals surface area contributed by atoms with Crippen molar-refractivity contribution in [3.05, 3.63) is 70.7 Å². The molecular weight excluding hydrogens is 388 g/mol. The molecule has 0 saturated heterocycles. The van der Waals surface area contributed by atoms with Crippen LogP contribution in [0.3, 0.4) is 0 Å². The molecule has 2 aromatic carbocycles. The van der Waals surface area contributed by atoms with Gasteiger partial charge in [-0.15, -0.1) is 0 Å². The zero-order valence-corrected chi connectivity index (χ0v) is 18.0. The first kappa shape index (κ1) is 19.7. The molecule has 2 heterocycles. The summed E-state index contributed by atoms with van der Waals surface area (Å²) in [6.45, 7) is 4.42. The number of para-hydroxylation sites is 1. The first-order valence-corrected chi connectivity index (χ1v) is 11.0. The lowest BCUT2D eigenvalue weighted by Crippen LogP contribution is -2.32. The predicted molar refractivity (Wildman–Crippen MR) is 119 cm³/mol. The van der Waals surface area contributed by atoms with E-state index >= 15 is 0 Å². The van der Waals surface area contributed by atoms with Gasteiger partial charge in [-0.25, -0.2) is 4.98 Å². The Hall–Kier alpha value is -3.21. The van der Waals surface area contributed by atoms with Gasteiger partial charge in [-0.3, -0.25) is 9.59 Å². The van der Waals surface area contributed by atoms with Gasteiger partial charge in [-0.2, -0.15) is 0 Å². The van der Waals surface area contributed by atoms with E-state index in [-0.39, 0.29) is 5.91 Å². The fraction of sp³-hybridized carbons (Fsp3) is 0.346. The number of fused-ring (bicyclic) bond motifs is 3. The molecule has 0 N–H and O–H groups in total. The van der Waals surface area contributed by atoms with E-state index in [1.807, 2.05) is 61.2 Å². The van der Waals surface area contributed by atoms with Crippen LogP contribution in [0.25, 0.3) is 11.3 Å². The van der Waals surface area contributed by atoms with Gasteiger partial charge in [0.1, 0.15) is 5.78 Å². The van der Waals surface area contributed by atoms with Gasteiger partial charge >= 0.3 is 0 Å². The van der Waals surface area contributed by atoms with Crippen molar-refractivity contribution >= 4 is 17.4 Å². The molecule has 1 aliphatic carbocycles. The topological polar surface area (TPSA) is 63.4 Å². The van der Waals surface area contributed by atoms with Crippen LogP contribution in [0, 0.1) is 19.8 Å². The van der Waals surface area contributed by atoms with Gasteiger partial charge in [0.25, 0.3) is 5.91 Å². The third kappa shape index (κ3) is 3.80. The van der Waals surface area contributed by atoms with Crippen LogP contribution in [0.1, 0.15) is 52.3 Å². The second-order valence-corrected chi connectivity index (χ2v) is 8.61. The van der Waals surface area contributed by atoms with Crippen molar-refractivity contribution in [2.24, 2.45) is 5.92 Å². The lowest BCUT2D eigenvalue weighted by atomic mass is 9.98. The Kier molecular flexibility index (Phi) is 4.97. The van der Waals surface area contributed by atoms with Crippen LogP contribution in [0.2, 0.25) is 0 Å². The average molecular weight is 415 g/mol. The number of anilines is 1. The molecular formula is C26H26N2O3. The molecule has 5 heteroatoms. The average Bonchev–Trinajstić information content (AvgIpc) is 3.57. The standard InChI is InChI=1S/C26H26N2O3/c1-16-15-20(10-7-18(16)11-12-24(29)19-8-9-19)26(30)28-14-13-22-25(31-17(2)27-22)21-5-3-4-6-23(21)28/h3-7,10,15,19H,8-9,11-14H2,1-2H3. The van der Waals surface area contributed by atoms with Crippen LogP contribution in [0.5, 0.6) is 0 Å². The molecule has 0 unspecified atom stereocenters. The van der Waals surface area contributed by atoms with Crippen molar-refractivity contribution in [2.75, 3.05) is 11.4 Å². The molecule has 2 aliphatic rings. The number of carbonyl (C=O) groups is 2. The molecule has 31 heavy (non-hydrogen) atoms. The lowest BCUT2D eigenvalue weighted by Gasteiger charge is -2.23. The van der Waals surface area contributed by atoms with Crippen molar-refractivity contribution in [1.82, 2.24) is 4.98 Å². The van der Waals surface area contributed by atoms with Gasteiger partial charge in [-0.1, -0.05) is 18.2 Å². The molecule has 1 amide bonds. The summed E-state index contributed by atoms with van der Waals surface area (Å²) >= 11 is 0. The van der Waals surface area contributed by atoms with Crippen molar-refractivity contribution in [3.8, 4) is 11.3 Å². The Morgan fingerprint density at radius 2 is 1.94 bits per heavy atom. The van der Waals surface area contributed by atoms with Gasteiger partial charge in [0.05, 0.1) is 11.4 Å². The largest absolute Gasteiger partial charge is 0.441 e. The van der Waals surface area contributed by atoms with Crippen LogP contribution in [0.4, 0.5) is 5.69 Å². The van der Waals surface area contributed by atoms with Crippen molar-refractivity contribution in [3.63, 3.8) is 0 Å². The lowest BCUT2D eigenvalue weighted by molar-refractivity contribution is -0.120. The van der Waals surface area contributed by atoms with E-state index in [1.165, 1.54) is 0 Å². The smallest absolute Gasteiger partial charge is 0.258 e. The van der Waals surface area contributed by atoms with Gasteiger partial charge in [0.2, 0.25) is 0 Å².